The standard InChI is InChI=1S/C15H23NO3/c1-11(2)16-7-8-19-15(10-16)13-9-12(17-3)5-6-14(13)18-4/h5-6,9,11,15H,7-8,10H2,1-4H3. The molecule has 106 valence electrons. The first-order valence-corrected chi connectivity index (χ1v) is 6.73. The fraction of sp³-hybridized carbons (Fsp3) is 0.600. The third-order valence-corrected chi connectivity index (χ3v) is 3.61. The summed E-state index contributed by atoms with van der Waals surface area (Å²) in [5, 5.41) is 0. The van der Waals surface area contributed by atoms with Crippen LogP contribution in [-0.2, 0) is 4.74 Å². The SMILES string of the molecule is COc1ccc(OC)c(C2CN(C(C)C)CCO2)c1. The lowest BCUT2D eigenvalue weighted by molar-refractivity contribution is -0.0411. The minimum absolute atomic E-state index is 0.0428. The maximum Gasteiger partial charge on any atom is 0.124 e. The first-order chi connectivity index (χ1) is 9.15. The molecule has 1 saturated heterocycles. The number of ether oxygens (including phenoxy) is 3. The summed E-state index contributed by atoms with van der Waals surface area (Å²) in [6, 6.07) is 6.38. The summed E-state index contributed by atoms with van der Waals surface area (Å²) in [6.45, 7) is 7.06. The minimum Gasteiger partial charge on any atom is -0.497 e. The number of hydrogen-bond donors (Lipinski definition) is 0. The van der Waals surface area contributed by atoms with E-state index < -0.39 is 0 Å². The van der Waals surface area contributed by atoms with Crippen LogP contribution in [0.25, 0.3) is 0 Å². The van der Waals surface area contributed by atoms with E-state index in [0.29, 0.717) is 6.04 Å². The van der Waals surface area contributed by atoms with Crippen molar-refractivity contribution in [2.24, 2.45) is 0 Å². The van der Waals surface area contributed by atoms with Gasteiger partial charge >= 0.3 is 0 Å². The Labute approximate surface area is 115 Å². The van der Waals surface area contributed by atoms with Gasteiger partial charge in [0.25, 0.3) is 0 Å². The predicted molar refractivity (Wildman–Crippen MR) is 74.9 cm³/mol. The van der Waals surface area contributed by atoms with E-state index in [-0.39, 0.29) is 6.10 Å². The van der Waals surface area contributed by atoms with E-state index in [1.807, 2.05) is 18.2 Å². The molecule has 1 fully saturated rings. The number of rotatable bonds is 4. The van der Waals surface area contributed by atoms with E-state index in [1.54, 1.807) is 14.2 Å². The third-order valence-electron chi connectivity index (χ3n) is 3.61. The average Bonchev–Trinajstić information content (AvgIpc) is 2.46. The van der Waals surface area contributed by atoms with Crippen LogP contribution in [0.3, 0.4) is 0 Å². The molecule has 2 rings (SSSR count). The highest BCUT2D eigenvalue weighted by atomic mass is 16.5. The van der Waals surface area contributed by atoms with Crippen LogP contribution in [0.2, 0.25) is 0 Å². The molecular weight excluding hydrogens is 242 g/mol. The number of morpholine rings is 1. The van der Waals surface area contributed by atoms with Crippen molar-refractivity contribution in [1.29, 1.82) is 0 Å². The highest BCUT2D eigenvalue weighted by molar-refractivity contribution is 5.42. The lowest BCUT2D eigenvalue weighted by Crippen LogP contribution is -2.42. The van der Waals surface area contributed by atoms with Gasteiger partial charge in [-0.1, -0.05) is 0 Å². The Morgan fingerprint density at radius 3 is 2.68 bits per heavy atom. The van der Waals surface area contributed by atoms with Gasteiger partial charge in [0.15, 0.2) is 0 Å². The van der Waals surface area contributed by atoms with Gasteiger partial charge in [-0.3, -0.25) is 4.90 Å². The van der Waals surface area contributed by atoms with Crippen molar-refractivity contribution < 1.29 is 14.2 Å². The molecule has 1 aliphatic heterocycles. The van der Waals surface area contributed by atoms with Crippen molar-refractivity contribution in [2.45, 2.75) is 26.0 Å². The molecule has 0 aliphatic carbocycles. The van der Waals surface area contributed by atoms with Crippen molar-refractivity contribution >= 4 is 0 Å². The minimum atomic E-state index is 0.0428. The van der Waals surface area contributed by atoms with Crippen molar-refractivity contribution in [3.63, 3.8) is 0 Å². The van der Waals surface area contributed by atoms with Crippen molar-refractivity contribution in [3.8, 4) is 11.5 Å². The zero-order valence-electron chi connectivity index (χ0n) is 12.2. The number of hydrogen-bond acceptors (Lipinski definition) is 4. The van der Waals surface area contributed by atoms with Crippen LogP contribution in [-0.4, -0.2) is 44.9 Å². The summed E-state index contributed by atoms with van der Waals surface area (Å²) in [5.74, 6) is 1.69. The summed E-state index contributed by atoms with van der Waals surface area (Å²) in [7, 11) is 3.36. The predicted octanol–water partition coefficient (Wildman–Crippen LogP) is 2.49. The first-order valence-electron chi connectivity index (χ1n) is 6.73. The largest absolute Gasteiger partial charge is 0.497 e. The molecule has 1 unspecified atom stereocenters. The molecular formula is C15H23NO3. The van der Waals surface area contributed by atoms with Crippen molar-refractivity contribution in [1.82, 2.24) is 4.90 Å². The molecule has 19 heavy (non-hydrogen) atoms. The molecule has 0 saturated carbocycles. The Balaban J connectivity index is 2.24. The second kappa shape index (κ2) is 6.26. The molecule has 4 nitrogen and oxygen atoms in total. The Morgan fingerprint density at radius 2 is 2.05 bits per heavy atom. The maximum atomic E-state index is 5.91. The van der Waals surface area contributed by atoms with E-state index in [9.17, 15) is 0 Å². The average molecular weight is 265 g/mol. The van der Waals surface area contributed by atoms with E-state index in [1.165, 1.54) is 0 Å². The van der Waals surface area contributed by atoms with Crippen LogP contribution in [0.5, 0.6) is 11.5 Å². The Morgan fingerprint density at radius 1 is 1.26 bits per heavy atom. The van der Waals surface area contributed by atoms with E-state index in [0.717, 1.165) is 36.8 Å². The molecule has 0 radical (unpaired) electrons. The summed E-state index contributed by atoms with van der Waals surface area (Å²) in [5.41, 5.74) is 1.06. The van der Waals surface area contributed by atoms with E-state index in [2.05, 4.69) is 18.7 Å². The third kappa shape index (κ3) is 3.19. The molecule has 1 atom stereocenters. The van der Waals surface area contributed by atoms with Gasteiger partial charge in [0, 0.05) is 24.7 Å². The van der Waals surface area contributed by atoms with Crippen molar-refractivity contribution in [2.75, 3.05) is 33.9 Å². The van der Waals surface area contributed by atoms with E-state index in [4.69, 9.17) is 14.2 Å². The monoisotopic (exact) mass is 265 g/mol. The topological polar surface area (TPSA) is 30.9 Å². The van der Waals surface area contributed by atoms with Gasteiger partial charge in [0.2, 0.25) is 0 Å². The Kier molecular flexibility index (Phi) is 4.66. The molecule has 0 N–H and O–H groups in total. The van der Waals surface area contributed by atoms with E-state index >= 15 is 0 Å². The summed E-state index contributed by atoms with van der Waals surface area (Å²) >= 11 is 0. The first kappa shape index (κ1) is 14.2. The van der Waals surface area contributed by atoms with Gasteiger partial charge in [-0.15, -0.1) is 0 Å². The van der Waals surface area contributed by atoms with Crippen LogP contribution in [0.15, 0.2) is 18.2 Å². The second-order valence-electron chi connectivity index (χ2n) is 5.06. The fourth-order valence-corrected chi connectivity index (χ4v) is 2.42. The second-order valence-corrected chi connectivity index (χ2v) is 5.06. The van der Waals surface area contributed by atoms with Crippen molar-refractivity contribution in [3.05, 3.63) is 23.8 Å². The quantitative estimate of drug-likeness (QED) is 0.837. The summed E-state index contributed by atoms with van der Waals surface area (Å²) in [4.78, 5) is 2.42. The van der Waals surface area contributed by atoms with Crippen LogP contribution in [0.4, 0.5) is 0 Å². The summed E-state index contributed by atoms with van der Waals surface area (Å²) < 4.78 is 16.6. The fourth-order valence-electron chi connectivity index (χ4n) is 2.42. The number of methoxy groups -OCH3 is 2. The molecule has 0 amide bonds. The summed E-state index contributed by atoms with van der Waals surface area (Å²) in [6.07, 6.45) is 0.0428. The molecule has 1 aliphatic rings. The van der Waals surface area contributed by atoms with Gasteiger partial charge in [-0.25, -0.2) is 0 Å². The van der Waals surface area contributed by atoms with Crippen LogP contribution in [0, 0.1) is 0 Å². The lowest BCUT2D eigenvalue weighted by atomic mass is 10.1. The van der Waals surface area contributed by atoms with Gasteiger partial charge in [0.05, 0.1) is 26.9 Å². The number of nitrogens with zero attached hydrogens (tertiary/aromatic N) is 1. The highest BCUT2D eigenvalue weighted by Gasteiger charge is 2.26. The molecule has 0 bridgehead atoms. The van der Waals surface area contributed by atoms with Gasteiger partial charge < -0.3 is 14.2 Å². The van der Waals surface area contributed by atoms with Gasteiger partial charge in [0.1, 0.15) is 11.5 Å². The number of benzene rings is 1. The van der Waals surface area contributed by atoms with Crippen LogP contribution < -0.4 is 9.47 Å². The van der Waals surface area contributed by atoms with Crippen LogP contribution >= 0.6 is 0 Å². The molecule has 1 aromatic carbocycles. The van der Waals surface area contributed by atoms with Crippen LogP contribution in [0.1, 0.15) is 25.5 Å². The smallest absolute Gasteiger partial charge is 0.124 e. The molecule has 1 heterocycles. The Bertz CT molecular complexity index is 420. The molecule has 1 aromatic rings. The zero-order chi connectivity index (χ0) is 13.8. The Hall–Kier alpha value is -1.26. The maximum absolute atomic E-state index is 5.91. The molecule has 0 aromatic heterocycles. The molecule has 4 heteroatoms. The molecule has 0 spiro atoms. The normalized spacial score (nSPS) is 20.6. The van der Waals surface area contributed by atoms with Gasteiger partial charge in [-0.2, -0.15) is 0 Å². The zero-order valence-corrected chi connectivity index (χ0v) is 12.2. The highest BCUT2D eigenvalue weighted by Crippen LogP contribution is 2.33. The van der Waals surface area contributed by atoms with Gasteiger partial charge in [-0.05, 0) is 32.0 Å². The lowest BCUT2D eigenvalue weighted by Gasteiger charge is -2.36.